The SMILES string of the molecule is CC1CC(C)C(C)C(O)S1. The molecule has 60 valence electrons. The largest absolute Gasteiger partial charge is 0.382 e. The van der Waals surface area contributed by atoms with Gasteiger partial charge in [0.1, 0.15) is 5.44 Å². The minimum absolute atomic E-state index is 0.126. The van der Waals surface area contributed by atoms with Gasteiger partial charge in [-0.1, -0.05) is 20.8 Å². The van der Waals surface area contributed by atoms with Crippen LogP contribution in [0.15, 0.2) is 0 Å². The fourth-order valence-electron chi connectivity index (χ4n) is 1.44. The van der Waals surface area contributed by atoms with Gasteiger partial charge in [0.2, 0.25) is 0 Å². The molecular formula is C8H16OS. The van der Waals surface area contributed by atoms with Gasteiger partial charge >= 0.3 is 0 Å². The molecule has 0 aromatic heterocycles. The van der Waals surface area contributed by atoms with E-state index in [2.05, 4.69) is 20.8 Å². The summed E-state index contributed by atoms with van der Waals surface area (Å²) >= 11 is 1.71. The average Bonchev–Trinajstić information content (AvgIpc) is 1.82. The first-order valence-corrected chi connectivity index (χ1v) is 4.89. The standard InChI is InChI=1S/C8H16OS/c1-5-4-6(2)10-8(9)7(5)3/h5-9H,4H2,1-3H3. The molecule has 0 aromatic carbocycles. The second-order valence-corrected chi connectivity index (χ2v) is 4.97. The second kappa shape index (κ2) is 3.14. The summed E-state index contributed by atoms with van der Waals surface area (Å²) < 4.78 is 0. The lowest BCUT2D eigenvalue weighted by molar-refractivity contribution is 0.149. The summed E-state index contributed by atoms with van der Waals surface area (Å²) in [7, 11) is 0. The molecule has 4 atom stereocenters. The first kappa shape index (κ1) is 8.41. The van der Waals surface area contributed by atoms with Gasteiger partial charge < -0.3 is 5.11 Å². The molecule has 1 aliphatic heterocycles. The Morgan fingerprint density at radius 3 is 2.40 bits per heavy atom. The van der Waals surface area contributed by atoms with Gasteiger partial charge in [-0.05, 0) is 18.3 Å². The summed E-state index contributed by atoms with van der Waals surface area (Å²) in [5.74, 6) is 1.16. The van der Waals surface area contributed by atoms with E-state index in [1.54, 1.807) is 11.8 Å². The van der Waals surface area contributed by atoms with Crippen LogP contribution in [-0.4, -0.2) is 15.8 Å². The van der Waals surface area contributed by atoms with E-state index >= 15 is 0 Å². The second-order valence-electron chi connectivity index (χ2n) is 3.41. The van der Waals surface area contributed by atoms with Crippen molar-refractivity contribution >= 4 is 11.8 Å². The summed E-state index contributed by atoms with van der Waals surface area (Å²) in [6, 6.07) is 0. The Hall–Kier alpha value is 0.310. The van der Waals surface area contributed by atoms with Crippen LogP contribution >= 0.6 is 11.8 Å². The number of thioether (sulfide) groups is 1. The molecule has 1 N–H and O–H groups in total. The molecule has 0 saturated carbocycles. The highest BCUT2D eigenvalue weighted by atomic mass is 32.2. The van der Waals surface area contributed by atoms with Gasteiger partial charge in [-0.15, -0.1) is 11.8 Å². The van der Waals surface area contributed by atoms with Crippen LogP contribution in [-0.2, 0) is 0 Å². The maximum absolute atomic E-state index is 9.48. The van der Waals surface area contributed by atoms with E-state index in [9.17, 15) is 5.11 Å². The third-order valence-electron chi connectivity index (χ3n) is 2.42. The highest BCUT2D eigenvalue weighted by Crippen LogP contribution is 2.37. The number of hydrogen-bond donors (Lipinski definition) is 1. The molecule has 0 spiro atoms. The number of aliphatic hydroxyl groups excluding tert-OH is 1. The Bertz CT molecular complexity index is 104. The van der Waals surface area contributed by atoms with Crippen LogP contribution in [0.2, 0.25) is 0 Å². The van der Waals surface area contributed by atoms with Crippen molar-refractivity contribution in [3.05, 3.63) is 0 Å². The van der Waals surface area contributed by atoms with Crippen LogP contribution < -0.4 is 0 Å². The molecule has 1 fully saturated rings. The lowest BCUT2D eigenvalue weighted by Crippen LogP contribution is -2.30. The molecular weight excluding hydrogens is 144 g/mol. The summed E-state index contributed by atoms with van der Waals surface area (Å²) in [6.07, 6.45) is 1.25. The lowest BCUT2D eigenvalue weighted by atomic mass is 9.91. The average molecular weight is 160 g/mol. The van der Waals surface area contributed by atoms with Gasteiger partial charge in [-0.25, -0.2) is 0 Å². The monoisotopic (exact) mass is 160 g/mol. The molecule has 1 heterocycles. The first-order chi connectivity index (χ1) is 4.61. The van der Waals surface area contributed by atoms with Gasteiger partial charge in [0.15, 0.2) is 0 Å². The normalized spacial score (nSPS) is 49.2. The van der Waals surface area contributed by atoms with Crippen LogP contribution in [0.5, 0.6) is 0 Å². The lowest BCUT2D eigenvalue weighted by Gasteiger charge is -2.33. The minimum atomic E-state index is -0.126. The minimum Gasteiger partial charge on any atom is -0.382 e. The van der Waals surface area contributed by atoms with E-state index in [0.717, 1.165) is 0 Å². The molecule has 1 saturated heterocycles. The number of hydrogen-bond acceptors (Lipinski definition) is 2. The zero-order valence-corrected chi connectivity index (χ0v) is 7.69. The zero-order valence-electron chi connectivity index (χ0n) is 6.87. The highest BCUT2D eigenvalue weighted by Gasteiger charge is 2.29. The predicted octanol–water partition coefficient (Wildman–Crippen LogP) is 2.10. The summed E-state index contributed by atoms with van der Waals surface area (Å²) in [5, 5.41) is 10.1. The van der Waals surface area contributed by atoms with Crippen molar-refractivity contribution in [1.82, 2.24) is 0 Å². The van der Waals surface area contributed by atoms with Crippen LogP contribution in [0.1, 0.15) is 27.2 Å². The third kappa shape index (κ3) is 1.67. The number of rotatable bonds is 0. The fraction of sp³-hybridized carbons (Fsp3) is 1.00. The Balaban J connectivity index is 2.49. The van der Waals surface area contributed by atoms with Crippen LogP contribution in [0.4, 0.5) is 0 Å². The molecule has 1 nitrogen and oxygen atoms in total. The maximum Gasteiger partial charge on any atom is 0.102 e. The molecule has 2 heteroatoms. The molecule has 0 aliphatic carbocycles. The van der Waals surface area contributed by atoms with Gasteiger partial charge in [-0.3, -0.25) is 0 Å². The molecule has 1 rings (SSSR count). The Kier molecular flexibility index (Phi) is 2.64. The zero-order chi connectivity index (χ0) is 7.72. The quantitative estimate of drug-likeness (QED) is 0.585. The molecule has 0 bridgehead atoms. The van der Waals surface area contributed by atoms with Gasteiger partial charge in [0.05, 0.1) is 0 Å². The maximum atomic E-state index is 9.48. The van der Waals surface area contributed by atoms with E-state index in [0.29, 0.717) is 17.1 Å². The van der Waals surface area contributed by atoms with Crippen molar-refractivity contribution in [2.24, 2.45) is 11.8 Å². The Morgan fingerprint density at radius 2 is 1.90 bits per heavy atom. The molecule has 0 aromatic rings. The fourth-order valence-corrected chi connectivity index (χ4v) is 2.84. The predicted molar refractivity (Wildman–Crippen MR) is 46.0 cm³/mol. The van der Waals surface area contributed by atoms with Gasteiger partial charge in [-0.2, -0.15) is 0 Å². The van der Waals surface area contributed by atoms with Crippen molar-refractivity contribution < 1.29 is 5.11 Å². The Morgan fingerprint density at radius 1 is 1.30 bits per heavy atom. The Labute approximate surface area is 67.2 Å². The number of aliphatic hydroxyl groups is 1. The van der Waals surface area contributed by atoms with Crippen LogP contribution in [0, 0.1) is 11.8 Å². The first-order valence-electron chi connectivity index (χ1n) is 3.94. The summed E-state index contributed by atoms with van der Waals surface area (Å²) in [6.45, 7) is 6.55. The summed E-state index contributed by atoms with van der Waals surface area (Å²) in [5.41, 5.74) is -0.126. The van der Waals surface area contributed by atoms with Crippen LogP contribution in [0.3, 0.4) is 0 Å². The highest BCUT2D eigenvalue weighted by molar-refractivity contribution is 8.00. The van der Waals surface area contributed by atoms with E-state index in [-0.39, 0.29) is 5.44 Å². The molecule has 0 amide bonds. The van der Waals surface area contributed by atoms with Crippen molar-refractivity contribution in [1.29, 1.82) is 0 Å². The topological polar surface area (TPSA) is 20.2 Å². The molecule has 4 unspecified atom stereocenters. The molecule has 10 heavy (non-hydrogen) atoms. The van der Waals surface area contributed by atoms with Crippen molar-refractivity contribution in [3.8, 4) is 0 Å². The van der Waals surface area contributed by atoms with E-state index in [4.69, 9.17) is 0 Å². The van der Waals surface area contributed by atoms with E-state index < -0.39 is 0 Å². The molecule has 1 aliphatic rings. The molecule has 0 radical (unpaired) electrons. The van der Waals surface area contributed by atoms with Crippen molar-refractivity contribution in [2.45, 2.75) is 37.9 Å². The van der Waals surface area contributed by atoms with Crippen LogP contribution in [0.25, 0.3) is 0 Å². The third-order valence-corrected chi connectivity index (χ3v) is 3.79. The van der Waals surface area contributed by atoms with E-state index in [1.165, 1.54) is 6.42 Å². The smallest absolute Gasteiger partial charge is 0.102 e. The van der Waals surface area contributed by atoms with Crippen molar-refractivity contribution in [2.75, 3.05) is 0 Å². The van der Waals surface area contributed by atoms with Gasteiger partial charge in [0, 0.05) is 5.25 Å². The van der Waals surface area contributed by atoms with Crippen molar-refractivity contribution in [3.63, 3.8) is 0 Å². The van der Waals surface area contributed by atoms with Gasteiger partial charge in [0.25, 0.3) is 0 Å². The summed E-state index contributed by atoms with van der Waals surface area (Å²) in [4.78, 5) is 0. The van der Waals surface area contributed by atoms with E-state index in [1.807, 2.05) is 0 Å².